The maximum Gasteiger partial charge on any atom is 0.317 e. The second kappa shape index (κ2) is 4.43. The Morgan fingerprint density at radius 3 is 1.95 bits per heavy atom. The zero-order chi connectivity index (χ0) is 13.4. The predicted octanol–water partition coefficient (Wildman–Crippen LogP) is 3.07. The van der Waals surface area contributed by atoms with Gasteiger partial charge in [-0.3, -0.25) is 4.79 Å². The molecule has 0 amide bonds. The van der Waals surface area contributed by atoms with Crippen LogP contribution in [0.2, 0.25) is 0 Å². The number of hydrogen-bond acceptors (Lipinski definition) is 3. The van der Waals surface area contributed by atoms with Crippen LogP contribution in [0.3, 0.4) is 0 Å². The molecule has 2 aromatic rings. The van der Waals surface area contributed by atoms with Gasteiger partial charge in [-0.15, -0.1) is 0 Å². The van der Waals surface area contributed by atoms with E-state index in [9.17, 15) is 4.79 Å². The van der Waals surface area contributed by atoms with Crippen molar-refractivity contribution in [1.82, 2.24) is 0 Å². The van der Waals surface area contributed by atoms with Gasteiger partial charge in [0, 0.05) is 18.4 Å². The zero-order valence-electron chi connectivity index (χ0n) is 11.0. The molecule has 0 aliphatic carbocycles. The Labute approximate surface area is 112 Å². The van der Waals surface area contributed by atoms with Crippen molar-refractivity contribution in [3.05, 3.63) is 59.7 Å². The quantitative estimate of drug-likeness (QED) is 0.731. The molecule has 19 heavy (non-hydrogen) atoms. The summed E-state index contributed by atoms with van der Waals surface area (Å²) in [5.74, 6) is -0.554. The minimum absolute atomic E-state index is 0.215. The van der Waals surface area contributed by atoms with Crippen molar-refractivity contribution in [2.75, 3.05) is 19.1 Å². The van der Waals surface area contributed by atoms with E-state index in [1.807, 2.05) is 55.6 Å². The van der Waals surface area contributed by atoms with Crippen LogP contribution in [0.5, 0.6) is 0 Å². The lowest BCUT2D eigenvalue weighted by Crippen LogP contribution is -2.26. The van der Waals surface area contributed by atoms with Crippen LogP contribution in [-0.2, 0) is 9.53 Å². The molecular formula is C16H15NO2. The van der Waals surface area contributed by atoms with E-state index in [-0.39, 0.29) is 11.9 Å². The average molecular weight is 253 g/mol. The van der Waals surface area contributed by atoms with E-state index in [0.29, 0.717) is 0 Å². The van der Waals surface area contributed by atoms with Crippen molar-refractivity contribution in [1.29, 1.82) is 0 Å². The summed E-state index contributed by atoms with van der Waals surface area (Å²) in [4.78, 5) is 14.3. The lowest BCUT2D eigenvalue weighted by atomic mass is 9.85. The molecule has 0 unspecified atom stereocenters. The Balaban J connectivity index is 2.26. The van der Waals surface area contributed by atoms with Gasteiger partial charge in [0.25, 0.3) is 0 Å². The summed E-state index contributed by atoms with van der Waals surface area (Å²) in [6.07, 6.45) is 0. The van der Waals surface area contributed by atoms with Crippen LogP contribution in [0.25, 0.3) is 0 Å². The second-order valence-corrected chi connectivity index (χ2v) is 4.63. The fraction of sp³-hybridized carbons (Fsp3) is 0.188. The molecule has 1 heterocycles. The molecule has 3 heteroatoms. The number of ether oxygens (including phenoxy) is 1. The molecule has 0 N–H and O–H groups in total. The fourth-order valence-corrected chi connectivity index (χ4v) is 2.74. The van der Waals surface area contributed by atoms with Gasteiger partial charge >= 0.3 is 5.97 Å². The third kappa shape index (κ3) is 1.70. The Morgan fingerprint density at radius 1 is 1.00 bits per heavy atom. The predicted molar refractivity (Wildman–Crippen MR) is 74.8 cm³/mol. The van der Waals surface area contributed by atoms with Gasteiger partial charge in [0.05, 0.1) is 7.11 Å². The van der Waals surface area contributed by atoms with Crippen LogP contribution in [0.4, 0.5) is 11.4 Å². The molecule has 0 atom stereocenters. The minimum atomic E-state index is -0.339. The van der Waals surface area contributed by atoms with Crippen molar-refractivity contribution >= 4 is 17.3 Å². The van der Waals surface area contributed by atoms with Gasteiger partial charge < -0.3 is 9.64 Å². The SMILES string of the molecule is COC(=O)C1c2ccccc2N(C)c2ccccc21. The average Bonchev–Trinajstić information content (AvgIpc) is 2.47. The van der Waals surface area contributed by atoms with E-state index in [4.69, 9.17) is 4.74 Å². The summed E-state index contributed by atoms with van der Waals surface area (Å²) in [5.41, 5.74) is 4.10. The van der Waals surface area contributed by atoms with Crippen molar-refractivity contribution in [2.24, 2.45) is 0 Å². The molecular weight excluding hydrogens is 238 g/mol. The third-order valence-electron chi connectivity index (χ3n) is 3.66. The lowest BCUT2D eigenvalue weighted by Gasteiger charge is -2.34. The van der Waals surface area contributed by atoms with E-state index in [2.05, 4.69) is 4.90 Å². The summed E-state index contributed by atoms with van der Waals surface area (Å²) >= 11 is 0. The van der Waals surface area contributed by atoms with Gasteiger partial charge in [-0.1, -0.05) is 36.4 Å². The molecule has 0 saturated carbocycles. The number of carbonyl (C=O) groups excluding carboxylic acids is 1. The smallest absolute Gasteiger partial charge is 0.317 e. The van der Waals surface area contributed by atoms with Gasteiger partial charge in [-0.2, -0.15) is 0 Å². The Kier molecular flexibility index (Phi) is 2.75. The molecule has 3 rings (SSSR count). The number of rotatable bonds is 1. The number of carbonyl (C=O) groups is 1. The Bertz CT molecular complexity index is 589. The maximum atomic E-state index is 12.2. The summed E-state index contributed by atoms with van der Waals surface area (Å²) in [6, 6.07) is 15.9. The number of methoxy groups -OCH3 is 1. The summed E-state index contributed by atoms with van der Waals surface area (Å²) in [5, 5.41) is 0. The first kappa shape index (κ1) is 11.8. The topological polar surface area (TPSA) is 29.5 Å². The van der Waals surface area contributed by atoms with Crippen LogP contribution in [0, 0.1) is 0 Å². The van der Waals surface area contributed by atoms with Crippen molar-refractivity contribution in [3.8, 4) is 0 Å². The molecule has 2 aromatic carbocycles. The minimum Gasteiger partial charge on any atom is -0.468 e. The van der Waals surface area contributed by atoms with E-state index in [1.54, 1.807) is 0 Å². The lowest BCUT2D eigenvalue weighted by molar-refractivity contribution is -0.141. The van der Waals surface area contributed by atoms with Gasteiger partial charge in [-0.05, 0) is 23.3 Å². The number of para-hydroxylation sites is 2. The molecule has 3 nitrogen and oxygen atoms in total. The maximum absolute atomic E-state index is 12.2. The molecule has 0 bridgehead atoms. The number of anilines is 2. The van der Waals surface area contributed by atoms with Crippen molar-refractivity contribution in [2.45, 2.75) is 5.92 Å². The monoisotopic (exact) mass is 253 g/mol. The second-order valence-electron chi connectivity index (χ2n) is 4.63. The van der Waals surface area contributed by atoms with E-state index in [0.717, 1.165) is 22.5 Å². The first-order chi connectivity index (χ1) is 9.24. The zero-order valence-corrected chi connectivity index (χ0v) is 11.0. The van der Waals surface area contributed by atoms with E-state index in [1.165, 1.54) is 7.11 Å². The molecule has 0 radical (unpaired) electrons. The number of fused-ring (bicyclic) bond motifs is 2. The van der Waals surface area contributed by atoms with Crippen molar-refractivity contribution in [3.63, 3.8) is 0 Å². The summed E-state index contributed by atoms with van der Waals surface area (Å²) < 4.78 is 4.98. The number of esters is 1. The van der Waals surface area contributed by atoms with Gasteiger partial charge in [-0.25, -0.2) is 0 Å². The molecule has 96 valence electrons. The molecule has 0 fully saturated rings. The van der Waals surface area contributed by atoms with Crippen LogP contribution < -0.4 is 4.90 Å². The largest absolute Gasteiger partial charge is 0.468 e. The number of hydrogen-bond donors (Lipinski definition) is 0. The van der Waals surface area contributed by atoms with Gasteiger partial charge in [0.1, 0.15) is 5.92 Å². The third-order valence-corrected chi connectivity index (χ3v) is 3.66. The molecule has 1 aliphatic heterocycles. The van der Waals surface area contributed by atoms with Gasteiger partial charge in [0.2, 0.25) is 0 Å². The Hall–Kier alpha value is -2.29. The van der Waals surface area contributed by atoms with Crippen LogP contribution in [0.1, 0.15) is 17.0 Å². The van der Waals surface area contributed by atoms with E-state index >= 15 is 0 Å². The van der Waals surface area contributed by atoms with Gasteiger partial charge in [0.15, 0.2) is 0 Å². The fourth-order valence-electron chi connectivity index (χ4n) is 2.74. The first-order valence-electron chi connectivity index (χ1n) is 6.23. The highest BCUT2D eigenvalue weighted by atomic mass is 16.5. The molecule has 0 spiro atoms. The molecule has 0 saturated heterocycles. The summed E-state index contributed by atoms with van der Waals surface area (Å²) in [6.45, 7) is 0. The summed E-state index contributed by atoms with van der Waals surface area (Å²) in [7, 11) is 3.46. The number of nitrogens with zero attached hydrogens (tertiary/aromatic N) is 1. The Morgan fingerprint density at radius 2 is 1.47 bits per heavy atom. The van der Waals surface area contributed by atoms with Crippen LogP contribution in [0.15, 0.2) is 48.5 Å². The normalized spacial score (nSPS) is 13.7. The van der Waals surface area contributed by atoms with E-state index < -0.39 is 0 Å². The molecule has 0 aromatic heterocycles. The highest BCUT2D eigenvalue weighted by Gasteiger charge is 2.33. The molecule has 1 aliphatic rings. The van der Waals surface area contributed by atoms with Crippen LogP contribution in [-0.4, -0.2) is 20.1 Å². The first-order valence-corrected chi connectivity index (χ1v) is 6.23. The highest BCUT2D eigenvalue weighted by Crippen LogP contribution is 2.44. The van der Waals surface area contributed by atoms with Crippen molar-refractivity contribution < 1.29 is 9.53 Å². The van der Waals surface area contributed by atoms with Crippen LogP contribution >= 0.6 is 0 Å². The number of benzene rings is 2. The standard InChI is InChI=1S/C16H15NO2/c1-17-13-9-5-3-7-11(13)15(16(18)19-2)12-8-4-6-10-14(12)17/h3-10,15H,1-2H3. The highest BCUT2D eigenvalue weighted by molar-refractivity contribution is 5.91.